The van der Waals surface area contributed by atoms with Gasteiger partial charge in [0.05, 0.1) is 24.0 Å². The van der Waals surface area contributed by atoms with Gasteiger partial charge in [0.25, 0.3) is 0 Å². The Morgan fingerprint density at radius 1 is 1.33 bits per heavy atom. The highest BCUT2D eigenvalue weighted by atomic mass is 16.3. The number of aromatic nitrogens is 3. The van der Waals surface area contributed by atoms with E-state index in [9.17, 15) is 5.11 Å². The highest BCUT2D eigenvalue weighted by Gasteiger charge is 2.15. The molecule has 2 heterocycles. The van der Waals surface area contributed by atoms with Gasteiger partial charge in [0.15, 0.2) is 0 Å². The molecule has 18 heavy (non-hydrogen) atoms. The lowest BCUT2D eigenvalue weighted by molar-refractivity contribution is 0.159. The van der Waals surface area contributed by atoms with Gasteiger partial charge in [-0.1, -0.05) is 27.2 Å². The number of hydrogen-bond donors (Lipinski definition) is 1. The van der Waals surface area contributed by atoms with Crippen LogP contribution >= 0.6 is 0 Å². The van der Waals surface area contributed by atoms with Crippen molar-refractivity contribution in [1.29, 1.82) is 0 Å². The molecule has 0 aliphatic carbocycles. The molecular weight excluding hydrogens is 226 g/mol. The van der Waals surface area contributed by atoms with E-state index >= 15 is 0 Å². The van der Waals surface area contributed by atoms with Crippen LogP contribution in [0.4, 0.5) is 0 Å². The van der Waals surface area contributed by atoms with Gasteiger partial charge in [0.2, 0.25) is 0 Å². The predicted octanol–water partition coefficient (Wildman–Crippen LogP) is 2.98. The van der Waals surface area contributed by atoms with E-state index in [2.05, 4.69) is 30.9 Å². The Morgan fingerprint density at radius 2 is 2.11 bits per heavy atom. The lowest BCUT2D eigenvalue weighted by Crippen LogP contribution is -2.06. The summed E-state index contributed by atoms with van der Waals surface area (Å²) >= 11 is 0. The summed E-state index contributed by atoms with van der Waals surface area (Å²) in [5.41, 5.74) is 2.08. The van der Waals surface area contributed by atoms with Crippen molar-refractivity contribution in [2.24, 2.45) is 5.41 Å². The molecule has 1 unspecified atom stereocenters. The summed E-state index contributed by atoms with van der Waals surface area (Å²) in [6.45, 7) is 6.66. The third kappa shape index (κ3) is 3.07. The minimum atomic E-state index is -0.450. The van der Waals surface area contributed by atoms with Crippen LogP contribution in [0.15, 0.2) is 24.8 Å². The first-order valence-corrected chi connectivity index (χ1v) is 6.43. The molecule has 2 aromatic heterocycles. The number of nitrogens with zero attached hydrogens (tertiary/aromatic N) is 3. The van der Waals surface area contributed by atoms with Crippen LogP contribution in [-0.2, 0) is 0 Å². The molecule has 0 radical (unpaired) electrons. The molecule has 1 N–H and O–H groups in total. The molecule has 0 aliphatic heterocycles. The maximum atomic E-state index is 10.2. The fourth-order valence-corrected chi connectivity index (χ4v) is 2.09. The van der Waals surface area contributed by atoms with Gasteiger partial charge in [-0.15, -0.1) is 0 Å². The first-order chi connectivity index (χ1) is 8.47. The van der Waals surface area contributed by atoms with Crippen LogP contribution in [0.3, 0.4) is 0 Å². The van der Waals surface area contributed by atoms with Crippen molar-refractivity contribution in [1.82, 2.24) is 14.6 Å². The Morgan fingerprint density at radius 3 is 2.83 bits per heavy atom. The van der Waals surface area contributed by atoms with Crippen molar-refractivity contribution in [3.05, 3.63) is 30.4 Å². The lowest BCUT2D eigenvalue weighted by Gasteiger charge is -2.18. The number of aliphatic hydroxyl groups is 1. The molecule has 0 saturated carbocycles. The fourth-order valence-electron chi connectivity index (χ4n) is 2.09. The van der Waals surface area contributed by atoms with E-state index in [1.54, 1.807) is 29.3 Å². The predicted molar refractivity (Wildman–Crippen MR) is 71.3 cm³/mol. The molecule has 0 bridgehead atoms. The maximum absolute atomic E-state index is 10.2. The third-order valence-corrected chi connectivity index (χ3v) is 3.12. The van der Waals surface area contributed by atoms with Crippen LogP contribution in [0, 0.1) is 5.41 Å². The second-order valence-electron chi connectivity index (χ2n) is 5.97. The van der Waals surface area contributed by atoms with Crippen LogP contribution < -0.4 is 0 Å². The van der Waals surface area contributed by atoms with Crippen LogP contribution in [0.5, 0.6) is 0 Å². The van der Waals surface area contributed by atoms with E-state index < -0.39 is 6.10 Å². The Labute approximate surface area is 108 Å². The first-order valence-electron chi connectivity index (χ1n) is 6.43. The van der Waals surface area contributed by atoms with E-state index in [0.29, 0.717) is 5.41 Å². The highest BCUT2D eigenvalue weighted by molar-refractivity contribution is 5.52. The molecule has 4 nitrogen and oxygen atoms in total. The normalized spacial score (nSPS) is 14.0. The topological polar surface area (TPSA) is 50.4 Å². The fraction of sp³-hybridized carbons (Fsp3) is 0.571. The monoisotopic (exact) mass is 247 g/mol. The van der Waals surface area contributed by atoms with E-state index in [-0.39, 0.29) is 0 Å². The van der Waals surface area contributed by atoms with Crippen molar-refractivity contribution in [3.63, 3.8) is 0 Å². The molecule has 1 atom stereocenters. The number of aliphatic hydroxyl groups excluding tert-OH is 1. The second kappa shape index (κ2) is 5.06. The average Bonchev–Trinajstić information content (AvgIpc) is 2.70. The summed E-state index contributed by atoms with van der Waals surface area (Å²) < 4.78 is 1.75. The summed E-state index contributed by atoms with van der Waals surface area (Å²) in [7, 11) is 0. The Balaban J connectivity index is 2.03. The number of hydrogen-bond acceptors (Lipinski definition) is 3. The van der Waals surface area contributed by atoms with Crippen LogP contribution in [0.25, 0.3) is 5.52 Å². The zero-order valence-corrected chi connectivity index (χ0v) is 11.3. The largest absolute Gasteiger partial charge is 0.388 e. The molecule has 0 fully saturated rings. The highest BCUT2D eigenvalue weighted by Crippen LogP contribution is 2.27. The lowest BCUT2D eigenvalue weighted by atomic mass is 9.89. The molecule has 0 saturated heterocycles. The summed E-state index contributed by atoms with van der Waals surface area (Å²) in [4.78, 5) is 4.08. The van der Waals surface area contributed by atoms with E-state index in [0.717, 1.165) is 30.3 Å². The van der Waals surface area contributed by atoms with Gasteiger partial charge in [-0.2, -0.15) is 5.10 Å². The van der Waals surface area contributed by atoms with E-state index in [1.807, 2.05) is 0 Å². The van der Waals surface area contributed by atoms with Gasteiger partial charge < -0.3 is 5.11 Å². The summed E-state index contributed by atoms with van der Waals surface area (Å²) in [5.74, 6) is 0. The van der Waals surface area contributed by atoms with Crippen molar-refractivity contribution in [2.45, 2.75) is 46.1 Å². The summed E-state index contributed by atoms with van der Waals surface area (Å²) in [6, 6.07) is 0. The van der Waals surface area contributed by atoms with Crippen LogP contribution in [0.2, 0.25) is 0 Å². The van der Waals surface area contributed by atoms with Gasteiger partial charge in [-0.25, -0.2) is 4.52 Å². The Bertz CT molecular complexity index is 513. The van der Waals surface area contributed by atoms with Crippen molar-refractivity contribution < 1.29 is 5.11 Å². The van der Waals surface area contributed by atoms with Crippen LogP contribution in [0.1, 0.15) is 51.7 Å². The van der Waals surface area contributed by atoms with Crippen molar-refractivity contribution >= 4 is 5.52 Å². The molecule has 2 rings (SSSR count). The van der Waals surface area contributed by atoms with Gasteiger partial charge >= 0.3 is 0 Å². The quantitative estimate of drug-likeness (QED) is 0.903. The van der Waals surface area contributed by atoms with Gasteiger partial charge in [-0.3, -0.25) is 4.98 Å². The molecule has 0 aliphatic rings. The summed E-state index contributed by atoms with van der Waals surface area (Å²) in [5, 5.41) is 14.4. The zero-order chi connectivity index (χ0) is 13.2. The molecular formula is C14H21N3O. The molecule has 2 aromatic rings. The van der Waals surface area contributed by atoms with E-state index in [1.165, 1.54) is 0 Å². The van der Waals surface area contributed by atoms with Gasteiger partial charge in [-0.05, 0) is 18.3 Å². The maximum Gasteiger partial charge on any atom is 0.0902 e. The van der Waals surface area contributed by atoms with Gasteiger partial charge in [0.1, 0.15) is 0 Å². The Kier molecular flexibility index (Phi) is 3.66. The molecule has 4 heteroatoms. The SMILES string of the molecule is CC(C)(C)CCCC(O)c1cnn2ccncc12. The summed E-state index contributed by atoms with van der Waals surface area (Å²) in [6.07, 6.45) is 9.41. The first kappa shape index (κ1) is 13.0. The molecule has 0 amide bonds. The number of fused-ring (bicyclic) bond motifs is 1. The third-order valence-electron chi connectivity index (χ3n) is 3.12. The molecule has 0 spiro atoms. The molecule has 0 aromatic carbocycles. The van der Waals surface area contributed by atoms with Gasteiger partial charge in [0, 0.05) is 18.0 Å². The molecule has 98 valence electrons. The average molecular weight is 247 g/mol. The zero-order valence-electron chi connectivity index (χ0n) is 11.3. The van der Waals surface area contributed by atoms with E-state index in [4.69, 9.17) is 0 Å². The van der Waals surface area contributed by atoms with Crippen molar-refractivity contribution in [2.75, 3.05) is 0 Å². The van der Waals surface area contributed by atoms with Crippen LogP contribution in [-0.4, -0.2) is 19.7 Å². The smallest absolute Gasteiger partial charge is 0.0902 e. The Hall–Kier alpha value is -1.42. The second-order valence-corrected chi connectivity index (χ2v) is 5.97. The van der Waals surface area contributed by atoms with Crippen molar-refractivity contribution in [3.8, 4) is 0 Å². The minimum absolute atomic E-state index is 0.322. The standard InChI is InChI=1S/C14H21N3O/c1-14(2,3)6-4-5-13(18)11-9-16-17-8-7-15-10-12(11)17/h7-10,13,18H,4-6H2,1-3H3. The minimum Gasteiger partial charge on any atom is -0.388 e. The number of rotatable bonds is 4.